The third-order valence-electron chi connectivity index (χ3n) is 6.18. The first-order valence-electron chi connectivity index (χ1n) is 9.73. The molecule has 3 fully saturated rings. The van der Waals surface area contributed by atoms with E-state index in [1.54, 1.807) is 17.0 Å². The molecule has 1 aromatic rings. The molecule has 2 amide bonds. The molecule has 1 aromatic carbocycles. The highest BCUT2D eigenvalue weighted by Gasteiger charge is 2.68. The number of nitrogens with one attached hydrogen (secondary N) is 1. The molecule has 0 aromatic heterocycles. The minimum absolute atomic E-state index is 0.00541. The molecule has 3 aliphatic rings. The Kier molecular flexibility index (Phi) is 4.90. The fraction of sp³-hybridized carbons (Fsp3) is 0.600. The van der Waals surface area contributed by atoms with Crippen LogP contribution >= 0.6 is 0 Å². The topological polar surface area (TPSA) is 84.7 Å². The first-order chi connectivity index (χ1) is 13.1. The van der Waals surface area contributed by atoms with Crippen molar-refractivity contribution >= 4 is 11.8 Å². The van der Waals surface area contributed by atoms with Crippen LogP contribution < -0.4 is 11.1 Å². The van der Waals surface area contributed by atoms with Crippen molar-refractivity contribution in [3.05, 3.63) is 35.6 Å². The molecule has 3 heterocycles. The molecule has 6 nitrogen and oxygen atoms in total. The zero-order valence-electron chi connectivity index (χ0n) is 15.3. The maximum atomic E-state index is 13.7. The molecular weight excluding hydrogens is 349 g/mol. The number of rotatable bonds is 7. The van der Waals surface area contributed by atoms with Crippen LogP contribution in [0.4, 0.5) is 4.39 Å². The van der Waals surface area contributed by atoms with Crippen molar-refractivity contribution in [3.63, 3.8) is 0 Å². The molecule has 0 aliphatic carbocycles. The van der Waals surface area contributed by atoms with E-state index >= 15 is 0 Å². The van der Waals surface area contributed by atoms with Gasteiger partial charge in [-0.05, 0) is 37.3 Å². The molecule has 3 aliphatic heterocycles. The Morgan fingerprint density at radius 2 is 2.22 bits per heavy atom. The van der Waals surface area contributed by atoms with Crippen LogP contribution in [0.15, 0.2) is 24.3 Å². The molecule has 146 valence electrons. The molecule has 3 saturated heterocycles. The number of benzene rings is 1. The zero-order chi connectivity index (χ0) is 19.0. The number of likely N-dealkylation sites (tertiary alicyclic amines) is 1. The van der Waals surface area contributed by atoms with Crippen molar-refractivity contribution in [1.82, 2.24) is 10.2 Å². The van der Waals surface area contributed by atoms with Gasteiger partial charge in [-0.2, -0.15) is 0 Å². The van der Waals surface area contributed by atoms with Crippen LogP contribution in [-0.2, 0) is 20.7 Å². The molecule has 3 N–H and O–H groups in total. The fourth-order valence-corrected chi connectivity index (χ4v) is 5.00. The van der Waals surface area contributed by atoms with Gasteiger partial charge < -0.3 is 20.7 Å². The summed E-state index contributed by atoms with van der Waals surface area (Å²) in [4.78, 5) is 27.3. The number of nitrogens with two attached hydrogens (primary N) is 1. The first-order valence-corrected chi connectivity index (χ1v) is 9.73. The standard InChI is InChI=1S/C20H26FN3O3/c21-14-6-2-1-4-13(14)5-3-10-23-18(25)16-15-7-8-20(27-15)12-24(11-9-22)19(26)17(16)20/h1-2,4,6,15-17H,3,5,7-12,22H2,(H,23,25)/t15-,16-,17+,20-/m0/s1. The lowest BCUT2D eigenvalue weighted by Gasteiger charge is -2.27. The first kappa shape index (κ1) is 18.4. The lowest BCUT2D eigenvalue weighted by Crippen LogP contribution is -2.46. The average Bonchev–Trinajstić information content (AvgIpc) is 3.29. The summed E-state index contributed by atoms with van der Waals surface area (Å²) >= 11 is 0. The van der Waals surface area contributed by atoms with Gasteiger partial charge in [0.25, 0.3) is 0 Å². The van der Waals surface area contributed by atoms with Crippen LogP contribution in [0.3, 0.4) is 0 Å². The van der Waals surface area contributed by atoms with Crippen LogP contribution in [0, 0.1) is 17.7 Å². The molecule has 27 heavy (non-hydrogen) atoms. The highest BCUT2D eigenvalue weighted by atomic mass is 19.1. The lowest BCUT2D eigenvalue weighted by atomic mass is 9.73. The third-order valence-corrected chi connectivity index (χ3v) is 6.18. The normalized spacial score (nSPS) is 31.4. The molecule has 2 bridgehead atoms. The van der Waals surface area contributed by atoms with Crippen molar-refractivity contribution in [2.45, 2.75) is 37.4 Å². The Bertz CT molecular complexity index is 743. The molecule has 0 radical (unpaired) electrons. The number of hydrogen-bond donors (Lipinski definition) is 2. The Morgan fingerprint density at radius 3 is 3.00 bits per heavy atom. The van der Waals surface area contributed by atoms with Crippen LogP contribution in [-0.4, -0.2) is 54.6 Å². The van der Waals surface area contributed by atoms with Crippen LogP contribution in [0.25, 0.3) is 0 Å². The predicted octanol–water partition coefficient (Wildman–Crippen LogP) is 0.839. The SMILES string of the molecule is NCCN1C[C@]23CC[C@H](O2)[C@H](C(=O)NCCCc2ccccc2F)[C@@H]3C1=O. The van der Waals surface area contributed by atoms with Gasteiger partial charge in [0, 0.05) is 19.6 Å². The maximum absolute atomic E-state index is 13.7. The minimum atomic E-state index is -0.508. The number of carbonyl (C=O) groups is 2. The van der Waals surface area contributed by atoms with Crippen molar-refractivity contribution in [1.29, 1.82) is 0 Å². The molecule has 4 rings (SSSR count). The van der Waals surface area contributed by atoms with Crippen LogP contribution in [0.5, 0.6) is 0 Å². The van der Waals surface area contributed by atoms with Gasteiger partial charge in [-0.1, -0.05) is 18.2 Å². The van der Waals surface area contributed by atoms with Crippen molar-refractivity contribution in [2.75, 3.05) is 26.2 Å². The van der Waals surface area contributed by atoms with E-state index in [1.165, 1.54) is 6.07 Å². The number of halogens is 1. The van der Waals surface area contributed by atoms with Gasteiger partial charge in [-0.3, -0.25) is 9.59 Å². The highest BCUT2D eigenvalue weighted by Crippen LogP contribution is 2.55. The van der Waals surface area contributed by atoms with Gasteiger partial charge in [-0.15, -0.1) is 0 Å². The van der Waals surface area contributed by atoms with Gasteiger partial charge >= 0.3 is 0 Å². The molecule has 0 saturated carbocycles. The monoisotopic (exact) mass is 375 g/mol. The number of fused-ring (bicyclic) bond motifs is 1. The van der Waals surface area contributed by atoms with Crippen molar-refractivity contribution in [2.24, 2.45) is 17.6 Å². The molecule has 1 spiro atoms. The number of ether oxygens (including phenoxy) is 1. The Balaban J connectivity index is 1.35. The number of carbonyl (C=O) groups excluding carboxylic acids is 2. The number of aryl methyl sites for hydroxylation is 1. The van der Waals surface area contributed by atoms with E-state index in [0.29, 0.717) is 44.6 Å². The Hall–Kier alpha value is -1.99. The average molecular weight is 375 g/mol. The molecule has 4 atom stereocenters. The number of nitrogens with zero attached hydrogens (tertiary/aromatic N) is 1. The van der Waals surface area contributed by atoms with Crippen LogP contribution in [0.1, 0.15) is 24.8 Å². The fourth-order valence-electron chi connectivity index (χ4n) is 5.00. The van der Waals surface area contributed by atoms with E-state index in [4.69, 9.17) is 10.5 Å². The van der Waals surface area contributed by atoms with E-state index in [9.17, 15) is 14.0 Å². The van der Waals surface area contributed by atoms with Gasteiger partial charge in [0.05, 0.1) is 30.1 Å². The summed E-state index contributed by atoms with van der Waals surface area (Å²) in [6, 6.07) is 6.67. The minimum Gasteiger partial charge on any atom is -0.368 e. The summed E-state index contributed by atoms with van der Waals surface area (Å²) in [7, 11) is 0. The summed E-state index contributed by atoms with van der Waals surface area (Å²) in [5.41, 5.74) is 5.75. The lowest BCUT2D eigenvalue weighted by molar-refractivity contribution is -0.138. The molecule has 0 unspecified atom stereocenters. The largest absolute Gasteiger partial charge is 0.368 e. The second-order valence-corrected chi connectivity index (χ2v) is 7.80. The smallest absolute Gasteiger partial charge is 0.229 e. The van der Waals surface area contributed by atoms with E-state index in [0.717, 1.165) is 12.8 Å². The third kappa shape index (κ3) is 3.12. The van der Waals surface area contributed by atoms with Gasteiger partial charge in [0.1, 0.15) is 5.82 Å². The summed E-state index contributed by atoms with van der Waals surface area (Å²) in [6.07, 6.45) is 2.67. The summed E-state index contributed by atoms with van der Waals surface area (Å²) in [5.74, 6) is -1.17. The Labute approximate surface area is 158 Å². The second-order valence-electron chi connectivity index (χ2n) is 7.80. The maximum Gasteiger partial charge on any atom is 0.229 e. The number of hydrogen-bond acceptors (Lipinski definition) is 4. The summed E-state index contributed by atoms with van der Waals surface area (Å²) < 4.78 is 19.8. The van der Waals surface area contributed by atoms with Gasteiger partial charge in [-0.25, -0.2) is 4.39 Å². The van der Waals surface area contributed by atoms with Crippen LogP contribution in [0.2, 0.25) is 0 Å². The van der Waals surface area contributed by atoms with E-state index in [1.807, 2.05) is 6.07 Å². The summed E-state index contributed by atoms with van der Waals surface area (Å²) in [6.45, 7) is 1.91. The van der Waals surface area contributed by atoms with Crippen molar-refractivity contribution in [3.8, 4) is 0 Å². The number of amides is 2. The quantitative estimate of drug-likeness (QED) is 0.692. The molecular formula is C20H26FN3O3. The van der Waals surface area contributed by atoms with E-state index in [-0.39, 0.29) is 23.7 Å². The highest BCUT2D eigenvalue weighted by molar-refractivity contribution is 5.92. The second kappa shape index (κ2) is 7.20. The van der Waals surface area contributed by atoms with Crippen molar-refractivity contribution < 1.29 is 18.7 Å². The predicted molar refractivity (Wildman–Crippen MR) is 97.2 cm³/mol. The van der Waals surface area contributed by atoms with Gasteiger partial charge in [0.15, 0.2) is 0 Å². The molecule has 7 heteroatoms. The van der Waals surface area contributed by atoms with E-state index < -0.39 is 17.4 Å². The Morgan fingerprint density at radius 1 is 1.41 bits per heavy atom. The summed E-state index contributed by atoms with van der Waals surface area (Å²) in [5, 5.41) is 2.94. The zero-order valence-corrected chi connectivity index (χ0v) is 15.3. The van der Waals surface area contributed by atoms with Gasteiger partial charge in [0.2, 0.25) is 11.8 Å². The van der Waals surface area contributed by atoms with E-state index in [2.05, 4.69) is 5.32 Å².